The molecular weight excluding hydrogens is 232 g/mol. The van der Waals surface area contributed by atoms with Crippen molar-refractivity contribution in [1.29, 1.82) is 10.5 Å². The van der Waals surface area contributed by atoms with Gasteiger partial charge in [0.05, 0.1) is 6.33 Å². The molecule has 7 nitrogen and oxygen atoms in total. The Kier molecular flexibility index (Phi) is 3.56. The standard InChI is InChI=1S/C11H12N6O/c12-5-9-10(6-13)17(8-15-9)7-11(18)16-3-1-14-2-4-16/h8,14H,1-4,7H2. The molecule has 1 amide bonds. The Balaban J connectivity index is 2.10. The van der Waals surface area contributed by atoms with Crippen LogP contribution >= 0.6 is 0 Å². The van der Waals surface area contributed by atoms with Crippen molar-refractivity contribution in [3.63, 3.8) is 0 Å². The fourth-order valence-corrected chi connectivity index (χ4v) is 1.86. The van der Waals surface area contributed by atoms with Gasteiger partial charge in [0, 0.05) is 26.2 Å². The largest absolute Gasteiger partial charge is 0.339 e. The number of rotatable bonds is 2. The number of imidazole rings is 1. The summed E-state index contributed by atoms with van der Waals surface area (Å²) in [7, 11) is 0. The zero-order chi connectivity index (χ0) is 13.0. The molecule has 0 aromatic carbocycles. The summed E-state index contributed by atoms with van der Waals surface area (Å²) in [5.74, 6) is -0.0603. The molecule has 1 fully saturated rings. The predicted octanol–water partition coefficient (Wildman–Crippen LogP) is -0.942. The molecule has 92 valence electrons. The summed E-state index contributed by atoms with van der Waals surface area (Å²) in [6, 6.07) is 3.73. The molecule has 1 saturated heterocycles. The van der Waals surface area contributed by atoms with Crippen molar-refractivity contribution in [1.82, 2.24) is 19.8 Å². The average molecular weight is 244 g/mol. The lowest BCUT2D eigenvalue weighted by Gasteiger charge is -2.27. The molecular formula is C11H12N6O. The fourth-order valence-electron chi connectivity index (χ4n) is 1.86. The highest BCUT2D eigenvalue weighted by molar-refractivity contribution is 5.76. The third-order valence-electron chi connectivity index (χ3n) is 2.82. The van der Waals surface area contributed by atoms with Gasteiger partial charge in [0.1, 0.15) is 18.7 Å². The Bertz CT molecular complexity index is 529. The first-order valence-corrected chi connectivity index (χ1v) is 5.60. The molecule has 1 aromatic rings. The minimum Gasteiger partial charge on any atom is -0.339 e. The molecule has 1 aromatic heterocycles. The SMILES string of the molecule is N#Cc1ncn(CC(=O)N2CCNCC2)c1C#N. The Morgan fingerprint density at radius 2 is 2.11 bits per heavy atom. The van der Waals surface area contributed by atoms with Crippen LogP contribution in [0.5, 0.6) is 0 Å². The first-order chi connectivity index (χ1) is 8.76. The van der Waals surface area contributed by atoms with E-state index in [9.17, 15) is 4.79 Å². The second-order valence-electron chi connectivity index (χ2n) is 3.92. The summed E-state index contributed by atoms with van der Waals surface area (Å²) in [5.41, 5.74) is 0.201. The van der Waals surface area contributed by atoms with Crippen molar-refractivity contribution >= 4 is 5.91 Å². The van der Waals surface area contributed by atoms with Gasteiger partial charge in [0.2, 0.25) is 5.91 Å². The number of hydrogen-bond acceptors (Lipinski definition) is 5. The van der Waals surface area contributed by atoms with Crippen molar-refractivity contribution in [3.05, 3.63) is 17.7 Å². The normalized spacial score (nSPS) is 14.9. The van der Waals surface area contributed by atoms with E-state index in [1.807, 2.05) is 12.1 Å². The number of aromatic nitrogens is 2. The molecule has 2 rings (SSSR count). The molecule has 1 N–H and O–H groups in total. The van der Waals surface area contributed by atoms with Crippen LogP contribution in [-0.2, 0) is 11.3 Å². The van der Waals surface area contributed by atoms with E-state index in [2.05, 4.69) is 10.3 Å². The lowest BCUT2D eigenvalue weighted by Crippen LogP contribution is -2.47. The van der Waals surface area contributed by atoms with Crippen LogP contribution in [0.3, 0.4) is 0 Å². The molecule has 0 atom stereocenters. The molecule has 7 heteroatoms. The van der Waals surface area contributed by atoms with Gasteiger partial charge in [-0.1, -0.05) is 0 Å². The van der Waals surface area contributed by atoms with Crippen molar-refractivity contribution < 1.29 is 4.79 Å². The number of carbonyl (C=O) groups excluding carboxylic acids is 1. The second kappa shape index (κ2) is 5.30. The maximum Gasteiger partial charge on any atom is 0.242 e. The van der Waals surface area contributed by atoms with Crippen LogP contribution in [0.1, 0.15) is 11.4 Å². The summed E-state index contributed by atoms with van der Waals surface area (Å²) >= 11 is 0. The molecule has 1 aliphatic rings. The maximum atomic E-state index is 12.0. The minimum absolute atomic E-state index is 0.0531. The number of amides is 1. The monoisotopic (exact) mass is 244 g/mol. The summed E-state index contributed by atoms with van der Waals surface area (Å²) in [4.78, 5) is 17.5. The van der Waals surface area contributed by atoms with Gasteiger partial charge in [0.25, 0.3) is 0 Å². The first-order valence-electron chi connectivity index (χ1n) is 5.60. The van der Waals surface area contributed by atoms with E-state index in [4.69, 9.17) is 10.5 Å². The molecule has 0 bridgehead atoms. The van der Waals surface area contributed by atoms with Crippen molar-refractivity contribution in [3.8, 4) is 12.1 Å². The lowest BCUT2D eigenvalue weighted by atomic mass is 10.3. The van der Waals surface area contributed by atoms with E-state index in [1.165, 1.54) is 10.9 Å². The van der Waals surface area contributed by atoms with Gasteiger partial charge in [-0.05, 0) is 0 Å². The van der Waals surface area contributed by atoms with E-state index >= 15 is 0 Å². The van der Waals surface area contributed by atoms with E-state index in [0.29, 0.717) is 13.1 Å². The zero-order valence-electron chi connectivity index (χ0n) is 9.76. The second-order valence-corrected chi connectivity index (χ2v) is 3.92. The van der Waals surface area contributed by atoms with Gasteiger partial charge in [-0.2, -0.15) is 10.5 Å². The number of piperazine rings is 1. The molecule has 0 saturated carbocycles. The smallest absolute Gasteiger partial charge is 0.242 e. The van der Waals surface area contributed by atoms with E-state index in [-0.39, 0.29) is 23.8 Å². The van der Waals surface area contributed by atoms with Gasteiger partial charge >= 0.3 is 0 Å². The molecule has 18 heavy (non-hydrogen) atoms. The molecule has 0 aliphatic carbocycles. The quantitative estimate of drug-likeness (QED) is 0.724. The van der Waals surface area contributed by atoms with E-state index in [1.54, 1.807) is 4.90 Å². The van der Waals surface area contributed by atoms with Gasteiger partial charge in [-0.15, -0.1) is 0 Å². The first kappa shape index (κ1) is 12.1. The van der Waals surface area contributed by atoms with Crippen LogP contribution in [0.2, 0.25) is 0 Å². The number of nitriles is 2. The van der Waals surface area contributed by atoms with Crippen molar-refractivity contribution in [2.45, 2.75) is 6.54 Å². The lowest BCUT2D eigenvalue weighted by molar-refractivity contribution is -0.132. The van der Waals surface area contributed by atoms with E-state index < -0.39 is 0 Å². The van der Waals surface area contributed by atoms with Gasteiger partial charge in [-0.3, -0.25) is 4.79 Å². The van der Waals surface area contributed by atoms with Crippen molar-refractivity contribution in [2.24, 2.45) is 0 Å². The zero-order valence-corrected chi connectivity index (χ0v) is 9.76. The van der Waals surface area contributed by atoms with Crippen LogP contribution in [0.4, 0.5) is 0 Å². The highest BCUT2D eigenvalue weighted by Gasteiger charge is 2.18. The molecule has 0 radical (unpaired) electrons. The van der Waals surface area contributed by atoms with Gasteiger partial charge in [-0.25, -0.2) is 4.98 Å². The Hall–Kier alpha value is -2.38. The third kappa shape index (κ3) is 2.31. The predicted molar refractivity (Wildman–Crippen MR) is 61.1 cm³/mol. The number of carbonyl (C=O) groups is 1. The Labute approximate surface area is 104 Å². The van der Waals surface area contributed by atoms with Crippen LogP contribution in [0.15, 0.2) is 6.33 Å². The summed E-state index contributed by atoms with van der Waals surface area (Å²) in [5, 5.41) is 20.9. The van der Waals surface area contributed by atoms with Crippen molar-refractivity contribution in [2.75, 3.05) is 26.2 Å². The van der Waals surface area contributed by atoms with Gasteiger partial charge < -0.3 is 14.8 Å². The minimum atomic E-state index is -0.0603. The highest BCUT2D eigenvalue weighted by atomic mass is 16.2. The molecule has 0 spiro atoms. The molecule has 1 aliphatic heterocycles. The van der Waals surface area contributed by atoms with Crippen LogP contribution < -0.4 is 5.32 Å². The van der Waals surface area contributed by atoms with Crippen LogP contribution in [0.25, 0.3) is 0 Å². The van der Waals surface area contributed by atoms with Gasteiger partial charge in [0.15, 0.2) is 11.4 Å². The maximum absolute atomic E-state index is 12.0. The summed E-state index contributed by atoms with van der Waals surface area (Å²) in [6.07, 6.45) is 1.36. The molecule has 2 heterocycles. The third-order valence-corrected chi connectivity index (χ3v) is 2.82. The number of nitrogens with zero attached hydrogens (tertiary/aromatic N) is 5. The highest BCUT2D eigenvalue weighted by Crippen LogP contribution is 2.06. The molecule has 0 unspecified atom stereocenters. The van der Waals surface area contributed by atoms with E-state index in [0.717, 1.165) is 13.1 Å². The summed E-state index contributed by atoms with van der Waals surface area (Å²) in [6.45, 7) is 2.95. The average Bonchev–Trinajstić information content (AvgIpc) is 2.81. The number of hydrogen-bond donors (Lipinski definition) is 1. The van der Waals surface area contributed by atoms with Crippen LogP contribution in [-0.4, -0.2) is 46.5 Å². The number of nitrogens with one attached hydrogen (secondary N) is 1. The fraction of sp³-hybridized carbons (Fsp3) is 0.455. The van der Waals surface area contributed by atoms with Crippen LogP contribution in [0, 0.1) is 22.7 Å². The Morgan fingerprint density at radius 1 is 1.39 bits per heavy atom. The summed E-state index contributed by atoms with van der Waals surface area (Å²) < 4.78 is 1.42. The topological polar surface area (TPSA) is 97.7 Å². The Morgan fingerprint density at radius 3 is 2.72 bits per heavy atom.